The van der Waals surface area contributed by atoms with Crippen LogP contribution >= 0.6 is 0 Å². The van der Waals surface area contributed by atoms with Gasteiger partial charge in [0, 0.05) is 49.7 Å². The fourth-order valence-electron chi connectivity index (χ4n) is 11.5. The molecule has 382 valence electrons. The molecule has 4 aliphatic rings. The van der Waals surface area contributed by atoms with Crippen molar-refractivity contribution >= 4 is 35.5 Å². The molecule has 0 aliphatic carbocycles. The van der Waals surface area contributed by atoms with E-state index in [4.69, 9.17) is 14.2 Å². The highest BCUT2D eigenvalue weighted by molar-refractivity contribution is 6.24. The van der Waals surface area contributed by atoms with Crippen LogP contribution in [0.5, 0.6) is 11.5 Å². The summed E-state index contributed by atoms with van der Waals surface area (Å²) < 4.78 is 18.0. The molecule has 4 amide bonds. The van der Waals surface area contributed by atoms with Crippen molar-refractivity contribution in [2.75, 3.05) is 56.3 Å². The maximum Gasteiger partial charge on any atom is 0.329 e. The van der Waals surface area contributed by atoms with Crippen LogP contribution in [0.1, 0.15) is 70.1 Å². The molecule has 0 radical (unpaired) electrons. The van der Waals surface area contributed by atoms with E-state index in [9.17, 15) is 5.11 Å². The highest BCUT2D eigenvalue weighted by atomic mass is 16.6. The van der Waals surface area contributed by atoms with Crippen molar-refractivity contribution in [3.63, 3.8) is 0 Å². The Morgan fingerprint density at radius 3 is 2.01 bits per heavy atom. The van der Waals surface area contributed by atoms with Crippen LogP contribution in [0.15, 0.2) is 176 Å². The fraction of sp³-hybridized carbons (Fsp3) is 0.246. The van der Waals surface area contributed by atoms with Crippen LogP contribution in [0, 0.1) is 17.8 Å². The quantitative estimate of drug-likeness (QED) is 0.0958. The van der Waals surface area contributed by atoms with Crippen LogP contribution in [0.2, 0.25) is 0 Å². The molecule has 5 heterocycles. The number of hydrogen-bond donors (Lipinski definition) is 2. The lowest BCUT2D eigenvalue weighted by molar-refractivity contribution is -0.179. The Hall–Kier alpha value is -8.84. The normalized spacial score (nSPS) is 22.2. The lowest BCUT2D eigenvalue weighted by Crippen LogP contribution is -2.59. The lowest BCUT2D eigenvalue weighted by Gasteiger charge is -2.46. The van der Waals surface area contributed by atoms with Crippen molar-refractivity contribution < 1.29 is 38.5 Å². The van der Waals surface area contributed by atoms with Gasteiger partial charge < -0.3 is 34.4 Å². The second-order valence-corrected chi connectivity index (χ2v) is 19.2. The number of cyclic esters (lactones) is 1. The monoisotopic (exact) mass is 1010 g/mol. The number of imide groups is 1. The summed E-state index contributed by atoms with van der Waals surface area (Å²) in [4.78, 5) is 80.3. The van der Waals surface area contributed by atoms with Crippen molar-refractivity contribution in [2.24, 2.45) is 5.92 Å². The summed E-state index contributed by atoms with van der Waals surface area (Å²) in [6, 6.07) is 45.6. The molecule has 0 unspecified atom stereocenters. The zero-order chi connectivity index (χ0) is 52.3. The first-order valence-electron chi connectivity index (χ1n) is 25.4. The number of benzene rings is 6. The van der Waals surface area contributed by atoms with Gasteiger partial charge in [0.1, 0.15) is 35.7 Å². The Morgan fingerprint density at radius 1 is 0.737 bits per heavy atom. The van der Waals surface area contributed by atoms with Gasteiger partial charge in [-0.1, -0.05) is 115 Å². The van der Waals surface area contributed by atoms with Crippen molar-refractivity contribution in [1.82, 2.24) is 25.1 Å². The number of aliphatic hydroxyl groups excluding tert-OH is 1. The number of urea groups is 1. The summed E-state index contributed by atoms with van der Waals surface area (Å²) in [7, 11) is 1.60. The summed E-state index contributed by atoms with van der Waals surface area (Å²) in [6.07, 6.45) is 2.43. The van der Waals surface area contributed by atoms with Gasteiger partial charge in [-0.2, -0.15) is 0 Å². The number of nitrogens with one attached hydrogen (secondary N) is 1. The number of piperazine rings is 1. The molecule has 1 spiro atoms. The van der Waals surface area contributed by atoms with Gasteiger partial charge in [0.05, 0.1) is 43.4 Å². The van der Waals surface area contributed by atoms with Crippen LogP contribution in [0.25, 0.3) is 0 Å². The van der Waals surface area contributed by atoms with Crippen LogP contribution in [-0.4, -0.2) is 101 Å². The smallest absolute Gasteiger partial charge is 0.329 e. The maximum atomic E-state index is 17.0. The molecule has 3 fully saturated rings. The highest BCUT2D eigenvalue weighted by Crippen LogP contribution is 2.66. The average molecular weight is 1010 g/mol. The Labute approximate surface area is 440 Å². The van der Waals surface area contributed by atoms with Gasteiger partial charge in [-0.05, 0) is 95.4 Å². The SMILES string of the molecule is COc1ccc(C#Cc2ccc3c(c2)[C@]2(C(=O)N3C(=O)N[C@H](C)c3ccccc3)[C@H](c3ccc(OCCO)cc3)N3[C@H](c4ccccc4)[C@H](c4ccccc4)OC(=O)[C@H]3[C@@H]2C(=O)N2CCN(c3ncccn3)CC2)cc1. The van der Waals surface area contributed by atoms with Gasteiger partial charge in [0.25, 0.3) is 0 Å². The molecule has 6 aromatic carbocycles. The minimum atomic E-state index is -2.01. The van der Waals surface area contributed by atoms with Gasteiger partial charge >= 0.3 is 12.0 Å². The minimum Gasteiger partial charge on any atom is -0.497 e. The third-order valence-electron chi connectivity index (χ3n) is 15.0. The van der Waals surface area contributed by atoms with Crippen molar-refractivity contribution in [2.45, 2.75) is 42.6 Å². The first-order chi connectivity index (χ1) is 37.2. The molecule has 15 nitrogen and oxygen atoms in total. The zero-order valence-corrected chi connectivity index (χ0v) is 41.9. The predicted octanol–water partition coefficient (Wildman–Crippen LogP) is 7.74. The predicted molar refractivity (Wildman–Crippen MR) is 284 cm³/mol. The number of hydrogen-bond acceptors (Lipinski definition) is 12. The van der Waals surface area contributed by atoms with E-state index in [1.54, 1.807) is 54.7 Å². The molecule has 11 rings (SSSR count). The molecular formula is C61H55N7O8. The highest BCUT2D eigenvalue weighted by Gasteiger charge is 2.76. The van der Waals surface area contributed by atoms with Crippen LogP contribution in [0.3, 0.4) is 0 Å². The number of rotatable bonds is 11. The van der Waals surface area contributed by atoms with E-state index >= 15 is 19.2 Å². The standard InChI is InChI=1S/C61H55N7O8/c1-40(43-13-6-3-7-14-43)64-60(73)67-50-30-23-42(20-19-41-21-26-47(74-2)27-22-41)39-49(50)61(58(67)72)51(56(70)65-33-35-66(36-34-65)59-62-31-12-32-63-59)53-57(71)76-54(45-17-10-5-11-18-45)52(44-15-8-4-9-16-44)68(53)55(61)46-24-28-48(29-25-46)75-38-37-69/h3-18,21-32,39-40,51-55,69H,33-38H2,1-2H3,(H,64,73)/t40-,51-,52-,53-,54+,55+,61-/m1/s1. The van der Waals surface area contributed by atoms with Gasteiger partial charge in [-0.15, -0.1) is 0 Å². The zero-order valence-electron chi connectivity index (χ0n) is 41.9. The van der Waals surface area contributed by atoms with Crippen molar-refractivity contribution in [3.8, 4) is 23.3 Å². The number of amides is 4. The lowest BCUT2D eigenvalue weighted by atomic mass is 9.64. The van der Waals surface area contributed by atoms with Crippen molar-refractivity contribution in [3.05, 3.63) is 215 Å². The van der Waals surface area contributed by atoms with E-state index in [0.29, 0.717) is 58.4 Å². The van der Waals surface area contributed by atoms with Crippen LogP contribution in [-0.2, 0) is 24.5 Å². The van der Waals surface area contributed by atoms with Crippen LogP contribution < -0.4 is 24.6 Å². The molecule has 2 N–H and O–H groups in total. The number of ether oxygens (including phenoxy) is 3. The molecule has 0 bridgehead atoms. The Bertz CT molecular complexity index is 3300. The van der Waals surface area contributed by atoms with Gasteiger partial charge in [0.2, 0.25) is 17.8 Å². The average Bonchev–Trinajstić information content (AvgIpc) is 3.86. The van der Waals surface area contributed by atoms with E-state index in [1.807, 2.05) is 150 Å². The minimum absolute atomic E-state index is 0.0412. The van der Waals surface area contributed by atoms with Gasteiger partial charge in [0.15, 0.2) is 0 Å². The molecule has 15 heteroatoms. The molecule has 0 saturated carbocycles. The molecule has 3 saturated heterocycles. The number of aromatic nitrogens is 2. The number of nitrogens with zero attached hydrogens (tertiary/aromatic N) is 6. The van der Waals surface area contributed by atoms with Gasteiger partial charge in [-0.25, -0.2) is 19.7 Å². The number of esters is 1. The largest absolute Gasteiger partial charge is 0.497 e. The van der Waals surface area contributed by atoms with E-state index in [-0.39, 0.29) is 32.0 Å². The summed E-state index contributed by atoms with van der Waals surface area (Å²) >= 11 is 0. The number of carbonyl (C=O) groups is 4. The van der Waals surface area contributed by atoms with Crippen LogP contribution in [0.4, 0.5) is 16.4 Å². The first-order valence-corrected chi connectivity index (χ1v) is 25.4. The summed E-state index contributed by atoms with van der Waals surface area (Å²) in [5.41, 5.74) is 2.67. The van der Waals surface area contributed by atoms with E-state index in [0.717, 1.165) is 16.0 Å². The number of anilines is 2. The molecule has 1 aromatic heterocycles. The Morgan fingerprint density at radius 2 is 1.36 bits per heavy atom. The number of aliphatic hydroxyl groups is 1. The summed E-state index contributed by atoms with van der Waals surface area (Å²) in [5, 5.41) is 12.8. The van der Waals surface area contributed by atoms with Gasteiger partial charge in [-0.3, -0.25) is 19.3 Å². The second-order valence-electron chi connectivity index (χ2n) is 19.2. The topological polar surface area (TPSA) is 167 Å². The van der Waals surface area contributed by atoms with E-state index < -0.39 is 65.4 Å². The molecule has 4 aliphatic heterocycles. The molecule has 7 atom stereocenters. The first kappa shape index (κ1) is 49.4. The third-order valence-corrected chi connectivity index (χ3v) is 15.0. The number of morpholine rings is 1. The number of methoxy groups -OCH3 is 1. The van der Waals surface area contributed by atoms with E-state index in [2.05, 4.69) is 27.1 Å². The summed E-state index contributed by atoms with van der Waals surface area (Å²) in [6.45, 7) is 2.85. The Balaban J connectivity index is 1.16. The van der Waals surface area contributed by atoms with E-state index in [1.165, 1.54) is 0 Å². The molecule has 7 aromatic rings. The van der Waals surface area contributed by atoms with Crippen molar-refractivity contribution in [1.29, 1.82) is 0 Å². The fourth-order valence-corrected chi connectivity index (χ4v) is 11.5. The molecular weight excluding hydrogens is 959 g/mol. The number of fused-ring (bicyclic) bond motifs is 3. The summed E-state index contributed by atoms with van der Waals surface area (Å²) in [5.74, 6) is 4.92. The number of carbonyl (C=O) groups excluding carboxylic acids is 4. The Kier molecular flexibility index (Phi) is 13.8. The molecule has 76 heavy (non-hydrogen) atoms. The second kappa shape index (κ2) is 21.2. The third kappa shape index (κ3) is 8.95. The maximum absolute atomic E-state index is 17.0.